The number of hydrogen-bond acceptors (Lipinski definition) is 6. The maximum absolute atomic E-state index is 12.3. The van der Waals surface area contributed by atoms with Gasteiger partial charge in [0.15, 0.2) is 6.61 Å². The van der Waals surface area contributed by atoms with Gasteiger partial charge in [-0.25, -0.2) is 14.8 Å². The zero-order valence-corrected chi connectivity index (χ0v) is 16.0. The van der Waals surface area contributed by atoms with Crippen LogP contribution in [-0.4, -0.2) is 33.0 Å². The third-order valence-electron chi connectivity index (χ3n) is 3.99. The first kappa shape index (κ1) is 19.5. The summed E-state index contributed by atoms with van der Waals surface area (Å²) in [6.07, 6.45) is 1.39. The lowest BCUT2D eigenvalue weighted by atomic mass is 10.2. The summed E-state index contributed by atoms with van der Waals surface area (Å²) < 4.78 is 6.63. The van der Waals surface area contributed by atoms with Gasteiger partial charge in [0.1, 0.15) is 11.5 Å². The Bertz CT molecular complexity index is 1110. The summed E-state index contributed by atoms with van der Waals surface area (Å²) >= 11 is 5.73. The Morgan fingerprint density at radius 1 is 1.25 bits per heavy atom. The number of aromatic nitrogens is 3. The summed E-state index contributed by atoms with van der Waals surface area (Å²) in [6, 6.07) is 7.82. The summed E-state index contributed by atoms with van der Waals surface area (Å²) in [7, 11) is 0. The molecule has 1 amide bonds. The Balaban J connectivity index is 1.71. The molecule has 2 heterocycles. The Kier molecular flexibility index (Phi) is 5.70. The van der Waals surface area contributed by atoms with E-state index in [0.717, 1.165) is 0 Å². The number of amides is 1. The number of anilines is 1. The van der Waals surface area contributed by atoms with Gasteiger partial charge in [-0.05, 0) is 44.2 Å². The van der Waals surface area contributed by atoms with Crippen LogP contribution in [0.25, 0.3) is 11.0 Å². The van der Waals surface area contributed by atoms with Crippen molar-refractivity contribution >= 4 is 40.3 Å². The molecule has 0 aliphatic rings. The Morgan fingerprint density at radius 2 is 2.04 bits per heavy atom. The summed E-state index contributed by atoms with van der Waals surface area (Å²) in [5.74, 6) is -0.902. The molecule has 0 atom stereocenters. The summed E-state index contributed by atoms with van der Waals surface area (Å²) in [5, 5.41) is 2.94. The molecule has 0 saturated carbocycles. The van der Waals surface area contributed by atoms with Crippen molar-refractivity contribution < 1.29 is 14.3 Å². The number of aryl methyl sites for hydroxylation is 2. The average Bonchev–Trinajstić information content (AvgIpc) is 2.68. The lowest BCUT2D eigenvalue weighted by molar-refractivity contribution is -0.119. The summed E-state index contributed by atoms with van der Waals surface area (Å²) in [5.41, 5.74) is 1.54. The number of carbonyl (C=O) groups is 2. The molecule has 1 N–H and O–H groups in total. The monoisotopic (exact) mass is 400 g/mol. The van der Waals surface area contributed by atoms with Crippen molar-refractivity contribution in [2.24, 2.45) is 0 Å². The van der Waals surface area contributed by atoms with Crippen LogP contribution in [0.2, 0.25) is 5.02 Å². The molecule has 0 aliphatic carbocycles. The van der Waals surface area contributed by atoms with Gasteiger partial charge in [0, 0.05) is 12.7 Å². The number of ether oxygens (including phenoxy) is 1. The Hall–Kier alpha value is -3.26. The molecule has 0 unspecified atom stereocenters. The van der Waals surface area contributed by atoms with Crippen LogP contribution >= 0.6 is 11.6 Å². The Morgan fingerprint density at radius 3 is 2.71 bits per heavy atom. The van der Waals surface area contributed by atoms with Crippen LogP contribution in [0.15, 0.2) is 41.3 Å². The van der Waals surface area contributed by atoms with Crippen molar-refractivity contribution in [3.63, 3.8) is 0 Å². The number of nitrogens with one attached hydrogen (secondary N) is 1. The highest BCUT2D eigenvalue weighted by atomic mass is 35.5. The molecule has 3 aromatic rings. The first-order chi connectivity index (χ1) is 13.4. The third-order valence-corrected chi connectivity index (χ3v) is 4.21. The number of rotatable bonds is 5. The van der Waals surface area contributed by atoms with E-state index in [4.69, 9.17) is 16.3 Å². The molecule has 1 aromatic carbocycles. The van der Waals surface area contributed by atoms with Gasteiger partial charge >= 0.3 is 5.97 Å². The minimum absolute atomic E-state index is 0.169. The zero-order valence-electron chi connectivity index (χ0n) is 15.2. The van der Waals surface area contributed by atoms with Gasteiger partial charge in [-0.3, -0.25) is 9.59 Å². The van der Waals surface area contributed by atoms with Crippen molar-refractivity contribution in [2.45, 2.75) is 20.4 Å². The maximum atomic E-state index is 12.3. The van der Waals surface area contributed by atoms with Crippen molar-refractivity contribution in [3.05, 3.63) is 63.2 Å². The number of fused-ring (bicyclic) bond motifs is 1. The van der Waals surface area contributed by atoms with Gasteiger partial charge in [0.25, 0.3) is 11.5 Å². The van der Waals surface area contributed by atoms with E-state index in [9.17, 15) is 14.4 Å². The molecule has 0 spiro atoms. The normalized spacial score (nSPS) is 10.7. The molecule has 0 bridgehead atoms. The molecular formula is C19H17ClN4O4. The number of pyridine rings is 1. The number of benzene rings is 1. The average molecular weight is 401 g/mol. The lowest BCUT2D eigenvalue weighted by Crippen LogP contribution is -2.23. The zero-order chi connectivity index (χ0) is 20.3. The van der Waals surface area contributed by atoms with Crippen LogP contribution in [0.3, 0.4) is 0 Å². The largest absolute Gasteiger partial charge is 0.452 e. The summed E-state index contributed by atoms with van der Waals surface area (Å²) in [4.78, 5) is 44.5. The Labute approximate surface area is 165 Å². The standard InChI is InChI=1S/C19H17ClN4O4/c1-3-24-15-6-4-12(8-14(15)22-11(2)18(24)26)19(27)28-10-17(25)23-16-7-5-13(20)9-21-16/h4-9H,3,10H2,1-2H3,(H,21,23,25). The van der Waals surface area contributed by atoms with E-state index >= 15 is 0 Å². The topological polar surface area (TPSA) is 103 Å². The number of halogens is 1. The molecule has 3 rings (SSSR count). The molecule has 28 heavy (non-hydrogen) atoms. The molecule has 0 fully saturated rings. The molecule has 8 nitrogen and oxygen atoms in total. The van der Waals surface area contributed by atoms with Gasteiger partial charge in [-0.15, -0.1) is 0 Å². The second-order valence-electron chi connectivity index (χ2n) is 5.94. The first-order valence-electron chi connectivity index (χ1n) is 8.48. The van der Waals surface area contributed by atoms with Crippen LogP contribution in [0, 0.1) is 6.92 Å². The van der Waals surface area contributed by atoms with Crippen LogP contribution in [0.5, 0.6) is 0 Å². The minimum atomic E-state index is -0.671. The van der Waals surface area contributed by atoms with E-state index in [0.29, 0.717) is 34.1 Å². The predicted molar refractivity (Wildman–Crippen MR) is 105 cm³/mol. The van der Waals surface area contributed by atoms with Gasteiger partial charge in [0.05, 0.1) is 21.6 Å². The van der Waals surface area contributed by atoms with Crippen LogP contribution < -0.4 is 10.9 Å². The highest BCUT2D eigenvalue weighted by Crippen LogP contribution is 2.14. The van der Waals surface area contributed by atoms with E-state index < -0.39 is 18.5 Å². The predicted octanol–water partition coefficient (Wildman–Crippen LogP) is 2.57. The quantitative estimate of drug-likeness (QED) is 0.660. The van der Waals surface area contributed by atoms with Gasteiger partial charge in [-0.2, -0.15) is 0 Å². The molecule has 2 aromatic heterocycles. The fraction of sp³-hybridized carbons (Fsp3) is 0.211. The van der Waals surface area contributed by atoms with Gasteiger partial charge < -0.3 is 14.6 Å². The van der Waals surface area contributed by atoms with E-state index in [1.807, 2.05) is 6.92 Å². The molecule has 9 heteroatoms. The van der Waals surface area contributed by atoms with Crippen molar-refractivity contribution in [1.29, 1.82) is 0 Å². The fourth-order valence-corrected chi connectivity index (χ4v) is 2.77. The second kappa shape index (κ2) is 8.18. The first-order valence-corrected chi connectivity index (χ1v) is 8.86. The second-order valence-corrected chi connectivity index (χ2v) is 6.37. The molecular weight excluding hydrogens is 384 g/mol. The minimum Gasteiger partial charge on any atom is -0.452 e. The third kappa shape index (κ3) is 4.17. The maximum Gasteiger partial charge on any atom is 0.338 e. The highest BCUT2D eigenvalue weighted by Gasteiger charge is 2.14. The fourth-order valence-electron chi connectivity index (χ4n) is 2.66. The molecule has 0 radical (unpaired) electrons. The number of nitrogens with zero attached hydrogens (tertiary/aromatic N) is 3. The SMILES string of the molecule is CCn1c(=O)c(C)nc2cc(C(=O)OCC(=O)Nc3ccc(Cl)cn3)ccc21. The van der Waals surface area contributed by atoms with Crippen LogP contribution in [0.1, 0.15) is 23.0 Å². The molecule has 144 valence electrons. The number of hydrogen-bond donors (Lipinski definition) is 1. The number of carbonyl (C=O) groups excluding carboxylic acids is 2. The molecule has 0 saturated heterocycles. The molecule has 0 aliphatic heterocycles. The van der Waals surface area contributed by atoms with Crippen molar-refractivity contribution in [1.82, 2.24) is 14.5 Å². The van der Waals surface area contributed by atoms with E-state index in [2.05, 4.69) is 15.3 Å². The van der Waals surface area contributed by atoms with E-state index in [-0.39, 0.29) is 11.1 Å². The van der Waals surface area contributed by atoms with E-state index in [1.54, 1.807) is 23.6 Å². The van der Waals surface area contributed by atoms with Crippen molar-refractivity contribution in [2.75, 3.05) is 11.9 Å². The van der Waals surface area contributed by atoms with Gasteiger partial charge in [0.2, 0.25) is 0 Å². The van der Waals surface area contributed by atoms with Crippen LogP contribution in [0.4, 0.5) is 5.82 Å². The van der Waals surface area contributed by atoms with Crippen molar-refractivity contribution in [3.8, 4) is 0 Å². The lowest BCUT2D eigenvalue weighted by Gasteiger charge is -2.10. The summed E-state index contributed by atoms with van der Waals surface area (Å²) in [6.45, 7) is 3.49. The van der Waals surface area contributed by atoms with E-state index in [1.165, 1.54) is 24.4 Å². The number of esters is 1. The van der Waals surface area contributed by atoms with Gasteiger partial charge in [-0.1, -0.05) is 11.6 Å². The van der Waals surface area contributed by atoms with Crippen LogP contribution in [-0.2, 0) is 16.1 Å². The highest BCUT2D eigenvalue weighted by molar-refractivity contribution is 6.30. The smallest absolute Gasteiger partial charge is 0.338 e.